The van der Waals surface area contributed by atoms with Crippen LogP contribution < -0.4 is 14.8 Å². The summed E-state index contributed by atoms with van der Waals surface area (Å²) >= 11 is 1.80. The molecule has 0 atom stereocenters. The van der Waals surface area contributed by atoms with Crippen molar-refractivity contribution < 1.29 is 9.47 Å². The van der Waals surface area contributed by atoms with Crippen molar-refractivity contribution in [3.63, 3.8) is 0 Å². The van der Waals surface area contributed by atoms with E-state index in [1.54, 1.807) is 26.0 Å². The van der Waals surface area contributed by atoms with Gasteiger partial charge in [0.05, 0.1) is 20.8 Å². The minimum absolute atomic E-state index is 0. The van der Waals surface area contributed by atoms with Crippen molar-refractivity contribution in [2.24, 2.45) is 4.99 Å². The van der Waals surface area contributed by atoms with Gasteiger partial charge in [0.2, 0.25) is 0 Å². The molecule has 0 saturated heterocycles. The number of thioether (sulfide) groups is 1. The van der Waals surface area contributed by atoms with E-state index in [-0.39, 0.29) is 24.0 Å². The summed E-state index contributed by atoms with van der Waals surface area (Å²) < 4.78 is 10.7. The molecule has 0 saturated carbocycles. The van der Waals surface area contributed by atoms with Crippen LogP contribution in [-0.4, -0.2) is 57.2 Å². The van der Waals surface area contributed by atoms with E-state index in [0.717, 1.165) is 48.4 Å². The number of benzene rings is 1. The third-order valence-electron chi connectivity index (χ3n) is 3.16. The Morgan fingerprint density at radius 2 is 2.04 bits per heavy atom. The Labute approximate surface area is 161 Å². The van der Waals surface area contributed by atoms with E-state index >= 15 is 0 Å². The molecular formula is C16H28IN3O2S. The topological polar surface area (TPSA) is 46.1 Å². The van der Waals surface area contributed by atoms with Gasteiger partial charge in [-0.15, -0.1) is 24.0 Å². The molecule has 0 amide bonds. The molecular weight excluding hydrogens is 425 g/mol. The molecule has 0 aliphatic heterocycles. The number of ether oxygens (including phenoxy) is 2. The molecule has 0 bridgehead atoms. The minimum atomic E-state index is 0. The van der Waals surface area contributed by atoms with Crippen LogP contribution in [0.5, 0.6) is 11.5 Å². The summed E-state index contributed by atoms with van der Waals surface area (Å²) in [6, 6.07) is 5.88. The third kappa shape index (κ3) is 7.52. The van der Waals surface area contributed by atoms with Crippen LogP contribution in [0.3, 0.4) is 0 Å². The molecule has 0 radical (unpaired) electrons. The highest BCUT2D eigenvalue weighted by molar-refractivity contribution is 14.0. The molecule has 0 heterocycles. The van der Waals surface area contributed by atoms with Crippen LogP contribution in [0.15, 0.2) is 23.2 Å². The average molecular weight is 453 g/mol. The van der Waals surface area contributed by atoms with Crippen molar-refractivity contribution in [2.75, 3.05) is 46.4 Å². The van der Waals surface area contributed by atoms with E-state index in [2.05, 4.69) is 28.4 Å². The molecule has 1 aromatic rings. The zero-order valence-corrected chi connectivity index (χ0v) is 17.7. The van der Waals surface area contributed by atoms with Crippen LogP contribution in [0.25, 0.3) is 0 Å². The van der Waals surface area contributed by atoms with Gasteiger partial charge in [0.1, 0.15) is 11.5 Å². The third-order valence-corrected chi connectivity index (χ3v) is 3.75. The maximum absolute atomic E-state index is 5.46. The normalized spacial score (nSPS) is 10.7. The number of halogens is 1. The predicted molar refractivity (Wildman–Crippen MR) is 111 cm³/mol. The SMILES string of the molecule is CCNC(=NCCSC)N(C)Cc1ccc(OC)cc1OC.I. The van der Waals surface area contributed by atoms with Crippen LogP contribution in [-0.2, 0) is 6.54 Å². The van der Waals surface area contributed by atoms with E-state index in [0.29, 0.717) is 0 Å². The molecule has 1 rings (SSSR count). The first-order valence-electron chi connectivity index (χ1n) is 7.35. The van der Waals surface area contributed by atoms with Gasteiger partial charge in [-0.2, -0.15) is 11.8 Å². The number of hydrogen-bond acceptors (Lipinski definition) is 4. The van der Waals surface area contributed by atoms with E-state index in [9.17, 15) is 0 Å². The summed E-state index contributed by atoms with van der Waals surface area (Å²) in [5, 5.41) is 3.32. The maximum atomic E-state index is 5.46. The van der Waals surface area contributed by atoms with Gasteiger partial charge < -0.3 is 19.7 Å². The van der Waals surface area contributed by atoms with Gasteiger partial charge in [-0.1, -0.05) is 0 Å². The molecule has 0 aromatic heterocycles. The van der Waals surface area contributed by atoms with Crippen LogP contribution in [0.4, 0.5) is 0 Å². The Kier molecular flexibility index (Phi) is 12.1. The Balaban J connectivity index is 0.00000484. The van der Waals surface area contributed by atoms with Crippen molar-refractivity contribution in [3.8, 4) is 11.5 Å². The summed E-state index contributed by atoms with van der Waals surface area (Å²) in [5.74, 6) is 3.55. The van der Waals surface area contributed by atoms with Gasteiger partial charge in [0.15, 0.2) is 5.96 Å². The van der Waals surface area contributed by atoms with Gasteiger partial charge in [0, 0.05) is 37.5 Å². The van der Waals surface area contributed by atoms with Crippen molar-refractivity contribution in [1.29, 1.82) is 0 Å². The second-order valence-electron chi connectivity index (χ2n) is 4.76. The maximum Gasteiger partial charge on any atom is 0.193 e. The fraction of sp³-hybridized carbons (Fsp3) is 0.562. The standard InChI is InChI=1S/C16H27N3O2S.HI/c1-6-17-16(18-9-10-22-5)19(2)12-13-7-8-14(20-3)11-15(13)21-4;/h7-8,11H,6,9-10,12H2,1-5H3,(H,17,18);1H. The number of guanidine groups is 1. The fourth-order valence-corrected chi connectivity index (χ4v) is 2.30. The van der Waals surface area contributed by atoms with Gasteiger partial charge in [0.25, 0.3) is 0 Å². The lowest BCUT2D eigenvalue weighted by Crippen LogP contribution is -2.38. The summed E-state index contributed by atoms with van der Waals surface area (Å²) in [6.07, 6.45) is 2.09. The van der Waals surface area contributed by atoms with E-state index in [1.165, 1.54) is 0 Å². The molecule has 0 spiro atoms. The van der Waals surface area contributed by atoms with E-state index < -0.39 is 0 Å². The summed E-state index contributed by atoms with van der Waals surface area (Å²) in [5.41, 5.74) is 1.10. The zero-order chi connectivity index (χ0) is 16.4. The highest BCUT2D eigenvalue weighted by atomic mass is 127. The van der Waals surface area contributed by atoms with Crippen molar-refractivity contribution in [1.82, 2.24) is 10.2 Å². The first-order chi connectivity index (χ1) is 10.7. The lowest BCUT2D eigenvalue weighted by molar-refractivity contribution is 0.382. The highest BCUT2D eigenvalue weighted by Gasteiger charge is 2.11. The lowest BCUT2D eigenvalue weighted by atomic mass is 10.2. The number of nitrogens with one attached hydrogen (secondary N) is 1. The molecule has 0 fully saturated rings. The molecule has 0 aliphatic rings. The van der Waals surface area contributed by atoms with Gasteiger partial charge in [-0.25, -0.2) is 0 Å². The number of rotatable bonds is 8. The Bertz CT molecular complexity index is 486. The van der Waals surface area contributed by atoms with Crippen molar-refractivity contribution >= 4 is 41.7 Å². The van der Waals surface area contributed by atoms with Crippen LogP contribution >= 0.6 is 35.7 Å². The lowest BCUT2D eigenvalue weighted by Gasteiger charge is -2.23. The molecule has 1 N–H and O–H groups in total. The molecule has 0 aliphatic carbocycles. The fourth-order valence-electron chi connectivity index (χ4n) is 2.03. The smallest absolute Gasteiger partial charge is 0.193 e. The number of hydrogen-bond donors (Lipinski definition) is 1. The van der Waals surface area contributed by atoms with Crippen molar-refractivity contribution in [3.05, 3.63) is 23.8 Å². The number of methoxy groups -OCH3 is 2. The molecule has 1 aromatic carbocycles. The molecule has 0 unspecified atom stereocenters. The molecule has 23 heavy (non-hydrogen) atoms. The second kappa shape index (κ2) is 12.6. The Morgan fingerprint density at radius 1 is 1.30 bits per heavy atom. The molecule has 7 heteroatoms. The monoisotopic (exact) mass is 453 g/mol. The number of nitrogens with zero attached hydrogens (tertiary/aromatic N) is 2. The van der Waals surface area contributed by atoms with Gasteiger partial charge in [-0.3, -0.25) is 4.99 Å². The summed E-state index contributed by atoms with van der Waals surface area (Å²) in [7, 11) is 5.36. The zero-order valence-electron chi connectivity index (χ0n) is 14.6. The summed E-state index contributed by atoms with van der Waals surface area (Å²) in [4.78, 5) is 6.74. The highest BCUT2D eigenvalue weighted by Crippen LogP contribution is 2.25. The Morgan fingerprint density at radius 3 is 2.61 bits per heavy atom. The van der Waals surface area contributed by atoms with Crippen molar-refractivity contribution in [2.45, 2.75) is 13.5 Å². The number of aliphatic imine (C=N–C) groups is 1. The Hall–Kier alpha value is -0.830. The van der Waals surface area contributed by atoms with Crippen LogP contribution in [0.2, 0.25) is 0 Å². The average Bonchev–Trinajstić information content (AvgIpc) is 2.54. The van der Waals surface area contributed by atoms with Crippen LogP contribution in [0, 0.1) is 0 Å². The van der Waals surface area contributed by atoms with Gasteiger partial charge in [-0.05, 0) is 25.3 Å². The minimum Gasteiger partial charge on any atom is -0.497 e. The quantitative estimate of drug-likeness (QED) is 0.284. The van der Waals surface area contributed by atoms with E-state index in [4.69, 9.17) is 9.47 Å². The summed E-state index contributed by atoms with van der Waals surface area (Å²) in [6.45, 7) is 4.46. The van der Waals surface area contributed by atoms with Crippen LogP contribution in [0.1, 0.15) is 12.5 Å². The first-order valence-corrected chi connectivity index (χ1v) is 8.74. The van der Waals surface area contributed by atoms with Gasteiger partial charge >= 0.3 is 0 Å². The first kappa shape index (κ1) is 22.2. The predicted octanol–water partition coefficient (Wildman–Crippen LogP) is 3.08. The van der Waals surface area contributed by atoms with E-state index in [1.807, 2.05) is 25.2 Å². The molecule has 132 valence electrons. The second-order valence-corrected chi connectivity index (χ2v) is 5.75. The molecule has 5 nitrogen and oxygen atoms in total. The largest absolute Gasteiger partial charge is 0.497 e.